The number of carbonyl (C=O) groups excluding carboxylic acids is 2. The Morgan fingerprint density at radius 2 is 2.03 bits per heavy atom. The van der Waals surface area contributed by atoms with E-state index < -0.39 is 17.9 Å². The standard InChI is InChI=1S/C25H28F2N8O2/c1-32-21-14-19(8-5-11-33-13-10-25(26,27)16-33)30-35(21)12-9-20(24(32)37)29-23(36)22-28-17-34(31-22)15-18-6-3-2-4-7-18/h2-8,14,17,20H,9-13,15-16H2,1H3,(H,29,36)/b8-5+. The number of nitrogens with zero attached hydrogens (tertiary/aromatic N) is 7. The van der Waals surface area contributed by atoms with Crippen LogP contribution >= 0.6 is 0 Å². The second kappa shape index (κ2) is 10.2. The minimum Gasteiger partial charge on any atom is -0.337 e. The summed E-state index contributed by atoms with van der Waals surface area (Å²) in [7, 11) is 1.63. The van der Waals surface area contributed by atoms with Gasteiger partial charge in [0.1, 0.15) is 18.2 Å². The summed E-state index contributed by atoms with van der Waals surface area (Å²) in [6, 6.07) is 10.7. The number of fused-ring (bicyclic) bond motifs is 1. The highest BCUT2D eigenvalue weighted by atomic mass is 19.3. The lowest BCUT2D eigenvalue weighted by Gasteiger charge is -2.19. The fourth-order valence-electron chi connectivity index (χ4n) is 4.55. The normalized spacial score (nSPS) is 19.8. The smallest absolute Gasteiger partial charge is 0.291 e. The number of aromatic nitrogens is 5. The van der Waals surface area contributed by atoms with Gasteiger partial charge in [-0.25, -0.2) is 23.1 Å². The van der Waals surface area contributed by atoms with Crippen LogP contribution in [0.5, 0.6) is 0 Å². The SMILES string of the molecule is CN1C(=O)C(NC(=O)c2ncn(Cc3ccccc3)n2)CCn2nc(/C=C/CN3CCC(F)(F)C3)cc21. The van der Waals surface area contributed by atoms with Crippen molar-refractivity contribution in [2.75, 3.05) is 31.6 Å². The number of nitrogens with one attached hydrogen (secondary N) is 1. The van der Waals surface area contributed by atoms with Gasteiger partial charge < -0.3 is 5.32 Å². The number of aryl methyl sites for hydroxylation is 1. The van der Waals surface area contributed by atoms with Crippen LogP contribution in [0, 0.1) is 0 Å². The van der Waals surface area contributed by atoms with E-state index in [1.54, 1.807) is 39.5 Å². The fraction of sp³-hybridized carbons (Fsp3) is 0.400. The molecule has 2 aliphatic heterocycles. The van der Waals surface area contributed by atoms with Gasteiger partial charge in [0.15, 0.2) is 0 Å². The Morgan fingerprint density at radius 1 is 1.22 bits per heavy atom. The third-order valence-electron chi connectivity index (χ3n) is 6.51. The summed E-state index contributed by atoms with van der Waals surface area (Å²) in [5, 5.41) is 11.5. The number of carbonyl (C=O) groups is 2. The zero-order valence-electron chi connectivity index (χ0n) is 20.4. The molecule has 194 valence electrons. The zero-order valence-corrected chi connectivity index (χ0v) is 20.4. The van der Waals surface area contributed by atoms with Gasteiger partial charge in [-0.05, 0) is 18.1 Å². The van der Waals surface area contributed by atoms with Crippen LogP contribution in [-0.2, 0) is 17.9 Å². The highest BCUT2D eigenvalue weighted by Crippen LogP contribution is 2.27. The second-order valence-electron chi connectivity index (χ2n) is 9.36. The van der Waals surface area contributed by atoms with Crippen molar-refractivity contribution in [2.24, 2.45) is 0 Å². The summed E-state index contributed by atoms with van der Waals surface area (Å²) in [4.78, 5) is 33.1. The van der Waals surface area contributed by atoms with Gasteiger partial charge in [0.25, 0.3) is 17.7 Å². The summed E-state index contributed by atoms with van der Waals surface area (Å²) in [6.45, 7) is 1.44. The lowest BCUT2D eigenvalue weighted by atomic mass is 10.2. The highest BCUT2D eigenvalue weighted by molar-refractivity contribution is 6.00. The number of likely N-dealkylation sites (tertiary alicyclic amines) is 1. The van der Waals surface area contributed by atoms with Crippen molar-refractivity contribution in [3.8, 4) is 0 Å². The molecule has 1 N–H and O–H groups in total. The molecule has 3 aromatic rings. The second-order valence-corrected chi connectivity index (χ2v) is 9.36. The monoisotopic (exact) mass is 510 g/mol. The van der Waals surface area contributed by atoms with Crippen LogP contribution in [0.15, 0.2) is 48.8 Å². The minimum absolute atomic E-state index is 0.00319. The maximum absolute atomic E-state index is 13.4. The number of halogens is 2. The molecule has 12 heteroatoms. The Balaban J connectivity index is 1.18. The van der Waals surface area contributed by atoms with Crippen molar-refractivity contribution in [2.45, 2.75) is 37.9 Å². The molecule has 1 aromatic carbocycles. The van der Waals surface area contributed by atoms with E-state index in [-0.39, 0.29) is 24.7 Å². The first kappa shape index (κ1) is 24.8. The molecule has 2 aromatic heterocycles. The molecule has 0 aliphatic carbocycles. The molecule has 1 unspecified atom stereocenters. The number of likely N-dealkylation sites (N-methyl/N-ethyl adjacent to an activating group) is 1. The Morgan fingerprint density at radius 3 is 2.78 bits per heavy atom. The molecular weight excluding hydrogens is 482 g/mol. The third-order valence-corrected chi connectivity index (χ3v) is 6.51. The average molecular weight is 511 g/mol. The van der Waals surface area contributed by atoms with Crippen molar-refractivity contribution in [1.82, 2.24) is 34.8 Å². The molecule has 0 saturated carbocycles. The van der Waals surface area contributed by atoms with Gasteiger partial charge in [-0.1, -0.05) is 36.4 Å². The van der Waals surface area contributed by atoms with Gasteiger partial charge in [0, 0.05) is 39.2 Å². The Bertz CT molecular complexity index is 1300. The predicted molar refractivity (Wildman–Crippen MR) is 132 cm³/mol. The summed E-state index contributed by atoms with van der Waals surface area (Å²) < 4.78 is 30.0. The van der Waals surface area contributed by atoms with Gasteiger partial charge >= 0.3 is 0 Å². The molecule has 4 heterocycles. The third kappa shape index (κ3) is 5.74. The van der Waals surface area contributed by atoms with Crippen LogP contribution in [0.4, 0.5) is 14.6 Å². The molecule has 0 radical (unpaired) electrons. The molecule has 1 saturated heterocycles. The van der Waals surface area contributed by atoms with Crippen LogP contribution in [0.3, 0.4) is 0 Å². The van der Waals surface area contributed by atoms with Crippen LogP contribution in [0.1, 0.15) is 34.7 Å². The van der Waals surface area contributed by atoms with Crippen molar-refractivity contribution < 1.29 is 18.4 Å². The molecule has 2 aliphatic rings. The van der Waals surface area contributed by atoms with E-state index >= 15 is 0 Å². The molecule has 5 rings (SSSR count). The molecular formula is C25H28F2N8O2. The largest absolute Gasteiger partial charge is 0.337 e. The van der Waals surface area contributed by atoms with Gasteiger partial charge in [-0.3, -0.25) is 19.4 Å². The molecule has 1 atom stereocenters. The van der Waals surface area contributed by atoms with Gasteiger partial charge in [-0.15, -0.1) is 5.10 Å². The molecule has 2 amide bonds. The van der Waals surface area contributed by atoms with E-state index in [4.69, 9.17) is 0 Å². The number of alkyl halides is 2. The number of hydrogen-bond donors (Lipinski definition) is 1. The first-order chi connectivity index (χ1) is 17.8. The molecule has 0 bridgehead atoms. The average Bonchev–Trinajstić information content (AvgIpc) is 3.58. The summed E-state index contributed by atoms with van der Waals surface area (Å²) in [5.74, 6) is -2.82. The van der Waals surface area contributed by atoms with E-state index in [1.807, 2.05) is 30.3 Å². The van der Waals surface area contributed by atoms with Crippen molar-refractivity contribution >= 4 is 23.7 Å². The van der Waals surface area contributed by atoms with E-state index in [9.17, 15) is 18.4 Å². The van der Waals surface area contributed by atoms with Crippen LogP contribution in [0.25, 0.3) is 6.08 Å². The summed E-state index contributed by atoms with van der Waals surface area (Å²) in [6.07, 6.45) is 5.30. The Kier molecular flexibility index (Phi) is 6.83. The van der Waals surface area contributed by atoms with E-state index in [2.05, 4.69) is 20.5 Å². The lowest BCUT2D eigenvalue weighted by Crippen LogP contribution is -2.47. The zero-order chi connectivity index (χ0) is 26.0. The van der Waals surface area contributed by atoms with Gasteiger partial charge in [0.2, 0.25) is 5.82 Å². The van der Waals surface area contributed by atoms with Crippen molar-refractivity contribution in [1.29, 1.82) is 0 Å². The maximum Gasteiger partial charge on any atom is 0.291 e. The van der Waals surface area contributed by atoms with Gasteiger partial charge in [0.05, 0.1) is 18.8 Å². The number of rotatable bonds is 7. The fourth-order valence-corrected chi connectivity index (χ4v) is 4.55. The summed E-state index contributed by atoms with van der Waals surface area (Å²) in [5.41, 5.74) is 1.66. The van der Waals surface area contributed by atoms with Gasteiger partial charge in [-0.2, -0.15) is 5.10 Å². The molecule has 37 heavy (non-hydrogen) atoms. The van der Waals surface area contributed by atoms with Crippen LogP contribution in [-0.4, -0.2) is 79.9 Å². The van der Waals surface area contributed by atoms with E-state index in [0.717, 1.165) is 5.56 Å². The lowest BCUT2D eigenvalue weighted by molar-refractivity contribution is -0.120. The van der Waals surface area contributed by atoms with E-state index in [1.165, 1.54) is 11.2 Å². The Hall–Kier alpha value is -3.93. The maximum atomic E-state index is 13.4. The minimum atomic E-state index is -2.62. The highest BCUT2D eigenvalue weighted by Gasteiger charge is 2.37. The van der Waals surface area contributed by atoms with Crippen LogP contribution in [0.2, 0.25) is 0 Å². The topological polar surface area (TPSA) is 101 Å². The van der Waals surface area contributed by atoms with Crippen molar-refractivity contribution in [3.63, 3.8) is 0 Å². The number of anilines is 1. The Labute approximate surface area is 212 Å². The number of amides is 2. The number of hydrogen-bond acceptors (Lipinski definition) is 6. The summed E-state index contributed by atoms with van der Waals surface area (Å²) >= 11 is 0. The molecule has 10 nitrogen and oxygen atoms in total. The van der Waals surface area contributed by atoms with E-state index in [0.29, 0.717) is 44.1 Å². The molecule has 1 fully saturated rings. The first-order valence-corrected chi connectivity index (χ1v) is 12.1. The van der Waals surface area contributed by atoms with Crippen LogP contribution < -0.4 is 10.2 Å². The predicted octanol–water partition coefficient (Wildman–Crippen LogP) is 2.04. The molecule has 0 spiro atoms. The number of benzene rings is 1. The van der Waals surface area contributed by atoms with Crippen molar-refractivity contribution in [3.05, 3.63) is 65.9 Å². The quantitative estimate of drug-likeness (QED) is 0.522. The first-order valence-electron chi connectivity index (χ1n) is 12.1.